The lowest BCUT2D eigenvalue weighted by Crippen LogP contribution is -2.56. The number of aliphatic hydroxyl groups is 1. The molecule has 6 nitrogen and oxygen atoms in total. The predicted molar refractivity (Wildman–Crippen MR) is 94.0 cm³/mol. The summed E-state index contributed by atoms with van der Waals surface area (Å²) in [6.07, 6.45) is -1.92. The second-order valence-electron chi connectivity index (χ2n) is 7.86. The minimum atomic E-state index is -2.24. The normalized spacial score (nSPS) is 28.6. The highest BCUT2D eigenvalue weighted by atomic mass is 28.4. The van der Waals surface area contributed by atoms with Crippen LogP contribution in [0.3, 0.4) is 0 Å². The Morgan fingerprint density at radius 2 is 1.88 bits per heavy atom. The van der Waals surface area contributed by atoms with Crippen LogP contribution < -0.4 is 0 Å². The minimum Gasteiger partial charge on any atom is -0.408 e. The van der Waals surface area contributed by atoms with Gasteiger partial charge in [0, 0.05) is 4.92 Å². The molecule has 0 unspecified atom stereocenters. The first-order chi connectivity index (χ1) is 11.0. The maximum absolute atomic E-state index is 11.6. The van der Waals surface area contributed by atoms with Crippen molar-refractivity contribution in [3.8, 4) is 0 Å². The summed E-state index contributed by atoms with van der Waals surface area (Å²) >= 11 is 0. The van der Waals surface area contributed by atoms with Gasteiger partial charge in [-0.1, -0.05) is 51.1 Å². The summed E-state index contributed by atoms with van der Waals surface area (Å²) in [4.78, 5) is 11.2. The molecular weight excluding hydrogens is 326 g/mol. The molecule has 134 valence electrons. The van der Waals surface area contributed by atoms with E-state index in [1.807, 2.05) is 30.3 Å². The van der Waals surface area contributed by atoms with Crippen LogP contribution in [0.1, 0.15) is 32.3 Å². The molecule has 1 fully saturated rings. The molecule has 0 bridgehead atoms. The van der Waals surface area contributed by atoms with Gasteiger partial charge in [-0.15, -0.1) is 0 Å². The first-order valence-electron chi connectivity index (χ1n) is 8.20. The van der Waals surface area contributed by atoms with Crippen LogP contribution in [0.2, 0.25) is 18.1 Å². The molecule has 4 atom stereocenters. The molecule has 1 heterocycles. The van der Waals surface area contributed by atoms with Crippen molar-refractivity contribution in [3.05, 3.63) is 46.0 Å². The van der Waals surface area contributed by atoms with Crippen LogP contribution in [0.4, 0.5) is 0 Å². The van der Waals surface area contributed by atoms with Crippen molar-refractivity contribution in [2.45, 2.75) is 63.3 Å². The number of rotatable bonds is 4. The summed E-state index contributed by atoms with van der Waals surface area (Å²) in [5, 5.41) is 21.9. The molecule has 0 aromatic heterocycles. The first-order valence-corrected chi connectivity index (χ1v) is 11.1. The fourth-order valence-corrected chi connectivity index (χ4v) is 4.02. The predicted octanol–water partition coefficient (Wildman–Crippen LogP) is 3.15. The Balaban J connectivity index is 2.42. The van der Waals surface area contributed by atoms with Gasteiger partial charge in [0.05, 0.1) is 5.92 Å². The molecule has 2 rings (SSSR count). The van der Waals surface area contributed by atoms with E-state index in [1.54, 1.807) is 0 Å². The van der Waals surface area contributed by atoms with Gasteiger partial charge in [-0.3, -0.25) is 10.1 Å². The SMILES string of the molecule is CC(C)(C)[Si](C)(C)O[C@H]1[C@@H](c2ccccc2)[C@H]([N+](=O)[O-])CO[C@@H]1O. The quantitative estimate of drug-likeness (QED) is 0.511. The molecule has 0 radical (unpaired) electrons. The van der Waals surface area contributed by atoms with Crippen molar-refractivity contribution in [1.82, 2.24) is 0 Å². The first kappa shape index (κ1) is 19.0. The van der Waals surface area contributed by atoms with Crippen LogP contribution >= 0.6 is 0 Å². The summed E-state index contributed by atoms with van der Waals surface area (Å²) in [6, 6.07) is 8.31. The van der Waals surface area contributed by atoms with Crippen molar-refractivity contribution < 1.29 is 19.2 Å². The molecular formula is C17H27NO5Si. The summed E-state index contributed by atoms with van der Waals surface area (Å²) in [5.74, 6) is -0.543. The molecule has 0 amide bonds. The molecule has 1 aliphatic rings. The van der Waals surface area contributed by atoms with E-state index in [4.69, 9.17) is 9.16 Å². The average Bonchev–Trinajstić information content (AvgIpc) is 2.48. The number of hydrogen-bond acceptors (Lipinski definition) is 5. The Labute approximate surface area is 144 Å². The number of hydrogen-bond donors (Lipinski definition) is 1. The van der Waals surface area contributed by atoms with E-state index in [2.05, 4.69) is 33.9 Å². The lowest BCUT2D eigenvalue weighted by molar-refractivity contribution is -0.542. The molecule has 1 aromatic rings. The number of nitro groups is 1. The van der Waals surface area contributed by atoms with Gasteiger partial charge in [0.2, 0.25) is 6.04 Å². The van der Waals surface area contributed by atoms with Crippen molar-refractivity contribution in [2.75, 3.05) is 6.61 Å². The van der Waals surface area contributed by atoms with E-state index in [9.17, 15) is 15.2 Å². The smallest absolute Gasteiger partial charge is 0.245 e. The lowest BCUT2D eigenvalue weighted by Gasteiger charge is -2.44. The number of nitrogens with zero attached hydrogens (tertiary/aromatic N) is 1. The monoisotopic (exact) mass is 353 g/mol. The van der Waals surface area contributed by atoms with Crippen LogP contribution in [0.5, 0.6) is 0 Å². The molecule has 7 heteroatoms. The maximum Gasteiger partial charge on any atom is 0.245 e. The zero-order chi connectivity index (χ0) is 18.1. The van der Waals surface area contributed by atoms with E-state index in [1.165, 1.54) is 0 Å². The Kier molecular flexibility index (Phi) is 5.49. The van der Waals surface area contributed by atoms with Crippen molar-refractivity contribution in [1.29, 1.82) is 0 Å². The topological polar surface area (TPSA) is 81.8 Å². The Morgan fingerprint density at radius 3 is 2.38 bits per heavy atom. The van der Waals surface area contributed by atoms with Gasteiger partial charge in [0.25, 0.3) is 0 Å². The van der Waals surface area contributed by atoms with Crippen molar-refractivity contribution >= 4 is 8.32 Å². The van der Waals surface area contributed by atoms with Gasteiger partial charge in [0.15, 0.2) is 14.6 Å². The third-order valence-electron chi connectivity index (χ3n) is 5.18. The second-order valence-corrected chi connectivity index (χ2v) is 12.6. The van der Waals surface area contributed by atoms with Crippen LogP contribution in [0, 0.1) is 10.1 Å². The van der Waals surface area contributed by atoms with Gasteiger partial charge in [-0.05, 0) is 23.7 Å². The van der Waals surface area contributed by atoms with Crippen molar-refractivity contribution in [2.24, 2.45) is 0 Å². The van der Waals surface area contributed by atoms with E-state index in [0.29, 0.717) is 0 Å². The summed E-state index contributed by atoms with van der Waals surface area (Å²) in [7, 11) is -2.24. The number of aliphatic hydroxyl groups excluding tert-OH is 1. The molecule has 1 saturated heterocycles. The molecule has 0 spiro atoms. The fourth-order valence-electron chi connectivity index (χ4n) is 2.72. The van der Waals surface area contributed by atoms with E-state index in [-0.39, 0.29) is 16.6 Å². The second kappa shape index (κ2) is 6.91. The van der Waals surface area contributed by atoms with E-state index in [0.717, 1.165) is 5.56 Å². The lowest BCUT2D eigenvalue weighted by atomic mass is 9.85. The average molecular weight is 353 g/mol. The molecule has 1 aliphatic heterocycles. The largest absolute Gasteiger partial charge is 0.408 e. The third kappa shape index (κ3) is 3.85. The molecule has 1 N–H and O–H groups in total. The Bertz CT molecular complexity index is 572. The maximum atomic E-state index is 11.6. The number of benzene rings is 1. The van der Waals surface area contributed by atoms with Gasteiger partial charge in [0.1, 0.15) is 12.7 Å². The van der Waals surface area contributed by atoms with E-state index >= 15 is 0 Å². The van der Waals surface area contributed by atoms with Crippen LogP contribution in [0.25, 0.3) is 0 Å². The summed E-state index contributed by atoms with van der Waals surface area (Å²) < 4.78 is 11.6. The Morgan fingerprint density at radius 1 is 1.29 bits per heavy atom. The highest BCUT2D eigenvalue weighted by Gasteiger charge is 2.51. The van der Waals surface area contributed by atoms with Crippen LogP contribution in [-0.2, 0) is 9.16 Å². The summed E-state index contributed by atoms with van der Waals surface area (Å²) in [6.45, 7) is 10.3. The van der Waals surface area contributed by atoms with Crippen molar-refractivity contribution in [3.63, 3.8) is 0 Å². The molecule has 24 heavy (non-hydrogen) atoms. The summed E-state index contributed by atoms with van der Waals surface area (Å²) in [5.41, 5.74) is 0.797. The van der Waals surface area contributed by atoms with Gasteiger partial charge < -0.3 is 14.3 Å². The van der Waals surface area contributed by atoms with Gasteiger partial charge >= 0.3 is 0 Å². The highest BCUT2D eigenvalue weighted by molar-refractivity contribution is 6.74. The minimum absolute atomic E-state index is 0.0739. The zero-order valence-electron chi connectivity index (χ0n) is 14.9. The standard InChI is InChI=1S/C17H27NO5Si/c1-17(2,3)24(4,5)23-15-14(12-9-7-6-8-10-12)13(18(20)21)11-22-16(15)19/h6-10,13-16,19H,11H2,1-5H3/t13-,14+,15+,16+/m1/s1. The third-order valence-corrected chi connectivity index (χ3v) is 9.65. The number of ether oxygens (including phenoxy) is 1. The van der Waals surface area contributed by atoms with Gasteiger partial charge in [-0.25, -0.2) is 0 Å². The van der Waals surface area contributed by atoms with Crippen LogP contribution in [-0.4, -0.2) is 43.4 Å². The highest BCUT2D eigenvalue weighted by Crippen LogP contribution is 2.42. The molecule has 0 saturated carbocycles. The zero-order valence-corrected chi connectivity index (χ0v) is 15.9. The fraction of sp³-hybridized carbons (Fsp3) is 0.647. The molecule has 0 aliphatic carbocycles. The van der Waals surface area contributed by atoms with Gasteiger partial charge in [-0.2, -0.15) is 0 Å². The Hall–Kier alpha value is -1.28. The van der Waals surface area contributed by atoms with E-state index < -0.39 is 32.7 Å². The molecule has 1 aromatic carbocycles. The van der Waals surface area contributed by atoms with Crippen LogP contribution in [0.15, 0.2) is 30.3 Å².